The Kier molecular flexibility index (Phi) is 17.0. The molecule has 2 aromatic carbocycles. The molecule has 4 N–H and O–H groups in total. The number of nitrogens with one attached hydrogen (secondary N) is 3. The number of unbranched alkanes of at least 4 members (excludes halogenated alkanes) is 1. The summed E-state index contributed by atoms with van der Waals surface area (Å²) in [5, 5.41) is 20.3. The molecule has 0 fully saturated rings. The van der Waals surface area contributed by atoms with Gasteiger partial charge in [-0.25, -0.2) is 0 Å². The first-order chi connectivity index (χ1) is 23.5. The topological polar surface area (TPSA) is 137 Å². The first-order valence-corrected chi connectivity index (χ1v) is 16.3. The molecule has 1 heterocycles. The minimum absolute atomic E-state index is 0.00154. The fraction of sp³-hybridized carbons (Fsp3) is 0.515. The van der Waals surface area contributed by atoms with E-state index >= 15 is 0 Å². The van der Waals surface area contributed by atoms with Crippen molar-refractivity contribution in [2.24, 2.45) is 0 Å². The van der Waals surface area contributed by atoms with Crippen LogP contribution in [0.2, 0.25) is 5.02 Å². The van der Waals surface area contributed by atoms with Crippen LogP contribution in [0.1, 0.15) is 50.7 Å². The third-order valence-corrected chi connectivity index (χ3v) is 7.89. The first kappa shape index (κ1) is 42.3. The molecule has 0 unspecified atom stereocenters. The molecule has 17 heteroatoms. The molecule has 10 nitrogen and oxygen atoms in total. The minimum Gasteiger partial charge on any atom is -0.506 e. The van der Waals surface area contributed by atoms with E-state index in [1.54, 1.807) is 6.07 Å². The third-order valence-electron chi connectivity index (χ3n) is 7.52. The SMILES string of the molecule is CCCC[C@@H](C)N(CCNCCc1ccc(O)c2c1OCC(=O)N2)C(=O)CCNCCc1ccccc1Cl.O=C(C(=O)C(F)(F)F)C(F)(F)F. The van der Waals surface area contributed by atoms with Gasteiger partial charge in [0, 0.05) is 37.1 Å². The van der Waals surface area contributed by atoms with Crippen molar-refractivity contribution >= 4 is 40.7 Å². The van der Waals surface area contributed by atoms with Gasteiger partial charge >= 0.3 is 23.9 Å². The Hall–Kier alpha value is -3.89. The second-order valence-corrected chi connectivity index (χ2v) is 11.8. The Morgan fingerprint density at radius 2 is 1.54 bits per heavy atom. The van der Waals surface area contributed by atoms with Gasteiger partial charge in [0.05, 0.1) is 0 Å². The van der Waals surface area contributed by atoms with Crippen molar-refractivity contribution < 1.29 is 55.4 Å². The number of hydrogen-bond donors (Lipinski definition) is 4. The highest BCUT2D eigenvalue weighted by molar-refractivity contribution is 6.41. The van der Waals surface area contributed by atoms with Crippen LogP contribution >= 0.6 is 11.6 Å². The fourth-order valence-corrected chi connectivity index (χ4v) is 5.08. The van der Waals surface area contributed by atoms with Crippen molar-refractivity contribution in [1.29, 1.82) is 0 Å². The Balaban J connectivity index is 0.000000616. The molecule has 0 bridgehead atoms. The molecule has 0 aliphatic carbocycles. The summed E-state index contributed by atoms with van der Waals surface area (Å²) in [7, 11) is 0. The lowest BCUT2D eigenvalue weighted by molar-refractivity contribution is -0.193. The second kappa shape index (κ2) is 20.1. The molecule has 2 aromatic rings. The van der Waals surface area contributed by atoms with Gasteiger partial charge in [0.25, 0.3) is 5.91 Å². The van der Waals surface area contributed by atoms with E-state index in [-0.39, 0.29) is 30.2 Å². The Bertz CT molecular complexity index is 1430. The molecule has 0 saturated carbocycles. The number of nitrogens with zero attached hydrogens (tertiary/aromatic N) is 1. The molecular formula is C33H41ClF6N4O6. The van der Waals surface area contributed by atoms with E-state index < -0.39 is 23.9 Å². The number of carbonyl (C=O) groups excluding carboxylic acids is 4. The number of anilines is 1. The zero-order chi connectivity index (χ0) is 37.5. The van der Waals surface area contributed by atoms with Crippen molar-refractivity contribution in [1.82, 2.24) is 15.5 Å². The number of fused-ring (bicyclic) bond motifs is 1. The summed E-state index contributed by atoms with van der Waals surface area (Å²) in [4.78, 5) is 45.9. The Labute approximate surface area is 290 Å². The number of amides is 2. The largest absolute Gasteiger partial charge is 0.506 e. The van der Waals surface area contributed by atoms with Crippen LogP contribution in [0.15, 0.2) is 36.4 Å². The van der Waals surface area contributed by atoms with Crippen LogP contribution < -0.4 is 20.7 Å². The molecule has 278 valence electrons. The van der Waals surface area contributed by atoms with Gasteiger partial charge in [-0.2, -0.15) is 26.3 Å². The summed E-state index contributed by atoms with van der Waals surface area (Å²) in [6.45, 7) is 7.66. The van der Waals surface area contributed by atoms with Gasteiger partial charge < -0.3 is 30.7 Å². The van der Waals surface area contributed by atoms with Crippen molar-refractivity contribution in [2.45, 2.75) is 70.8 Å². The van der Waals surface area contributed by atoms with Crippen LogP contribution in [0.25, 0.3) is 0 Å². The highest BCUT2D eigenvalue weighted by atomic mass is 35.5. The minimum atomic E-state index is -5.77. The molecular weight excluding hydrogens is 698 g/mol. The number of benzene rings is 2. The molecule has 0 radical (unpaired) electrons. The first-order valence-electron chi connectivity index (χ1n) is 15.9. The molecule has 1 aliphatic heterocycles. The Morgan fingerprint density at radius 1 is 0.940 bits per heavy atom. The van der Waals surface area contributed by atoms with Gasteiger partial charge in [0.15, 0.2) is 12.4 Å². The molecule has 50 heavy (non-hydrogen) atoms. The fourth-order valence-electron chi connectivity index (χ4n) is 4.85. The zero-order valence-electron chi connectivity index (χ0n) is 27.6. The van der Waals surface area contributed by atoms with E-state index in [0.717, 1.165) is 48.4 Å². The number of alkyl halides is 6. The number of phenolic OH excluding ortho intramolecular Hbond substituents is 1. The molecule has 0 spiro atoms. The van der Waals surface area contributed by atoms with Gasteiger partial charge in [-0.05, 0) is 62.5 Å². The van der Waals surface area contributed by atoms with Crippen LogP contribution in [0.4, 0.5) is 32.0 Å². The van der Waals surface area contributed by atoms with Gasteiger partial charge in [-0.3, -0.25) is 19.2 Å². The van der Waals surface area contributed by atoms with E-state index in [1.165, 1.54) is 0 Å². The lowest BCUT2D eigenvalue weighted by atomic mass is 10.1. The van der Waals surface area contributed by atoms with E-state index in [4.69, 9.17) is 16.3 Å². The van der Waals surface area contributed by atoms with Crippen LogP contribution in [0.5, 0.6) is 11.5 Å². The molecule has 3 rings (SSSR count). The summed E-state index contributed by atoms with van der Waals surface area (Å²) in [6, 6.07) is 11.4. The summed E-state index contributed by atoms with van der Waals surface area (Å²) in [5.41, 5.74) is 2.36. The number of hydrogen-bond acceptors (Lipinski definition) is 8. The molecule has 1 aliphatic rings. The number of halogens is 7. The summed E-state index contributed by atoms with van der Waals surface area (Å²) in [5.74, 6) is -6.40. The molecule has 0 saturated heterocycles. The van der Waals surface area contributed by atoms with Gasteiger partial charge in [0.2, 0.25) is 5.91 Å². The lowest BCUT2D eigenvalue weighted by Gasteiger charge is -2.30. The summed E-state index contributed by atoms with van der Waals surface area (Å²) >= 11 is 6.23. The average molecular weight is 739 g/mol. The maximum Gasteiger partial charge on any atom is 0.458 e. The maximum absolute atomic E-state index is 13.1. The number of carbonyl (C=O) groups is 4. The van der Waals surface area contributed by atoms with Crippen molar-refractivity contribution in [2.75, 3.05) is 44.6 Å². The predicted molar refractivity (Wildman–Crippen MR) is 174 cm³/mol. The van der Waals surface area contributed by atoms with Crippen molar-refractivity contribution in [3.05, 3.63) is 52.5 Å². The number of ketones is 2. The third kappa shape index (κ3) is 13.8. The number of phenols is 1. The maximum atomic E-state index is 13.1. The highest BCUT2D eigenvalue weighted by Gasteiger charge is 2.54. The van der Waals surface area contributed by atoms with Crippen LogP contribution in [0, 0.1) is 0 Å². The van der Waals surface area contributed by atoms with Crippen LogP contribution in [0.3, 0.4) is 0 Å². The second-order valence-electron chi connectivity index (χ2n) is 11.4. The zero-order valence-corrected chi connectivity index (χ0v) is 28.4. The van der Waals surface area contributed by atoms with E-state index in [0.29, 0.717) is 50.5 Å². The van der Waals surface area contributed by atoms with Crippen molar-refractivity contribution in [3.8, 4) is 11.5 Å². The van der Waals surface area contributed by atoms with E-state index in [2.05, 4.69) is 29.8 Å². The van der Waals surface area contributed by atoms with Crippen LogP contribution in [-0.2, 0) is 32.0 Å². The monoisotopic (exact) mass is 738 g/mol. The number of ether oxygens (including phenoxy) is 1. The number of Topliss-reactive ketones (excluding diaryl/α,β-unsaturated/α-hetero) is 2. The smallest absolute Gasteiger partial charge is 0.458 e. The summed E-state index contributed by atoms with van der Waals surface area (Å²) < 4.78 is 72.5. The lowest BCUT2D eigenvalue weighted by Crippen LogP contribution is -2.43. The quantitative estimate of drug-likeness (QED) is 0.0735. The average Bonchev–Trinajstić information content (AvgIpc) is 3.05. The summed E-state index contributed by atoms with van der Waals surface area (Å²) in [6.07, 6.45) is -6.39. The molecule has 2 amide bonds. The van der Waals surface area contributed by atoms with E-state index in [9.17, 15) is 50.6 Å². The van der Waals surface area contributed by atoms with Gasteiger partial charge in [-0.15, -0.1) is 0 Å². The molecule has 0 aromatic heterocycles. The predicted octanol–water partition coefficient (Wildman–Crippen LogP) is 5.39. The van der Waals surface area contributed by atoms with Gasteiger partial charge in [-0.1, -0.05) is 55.6 Å². The van der Waals surface area contributed by atoms with Crippen LogP contribution in [-0.4, -0.2) is 91.1 Å². The van der Waals surface area contributed by atoms with Crippen molar-refractivity contribution in [3.63, 3.8) is 0 Å². The van der Waals surface area contributed by atoms with E-state index in [1.807, 2.05) is 35.2 Å². The normalized spacial score (nSPS) is 13.3. The highest BCUT2D eigenvalue weighted by Crippen LogP contribution is 2.39. The molecule has 1 atom stereocenters. The standard InChI is InChI=1S/C29H41ClN4O4.C4F6O2/c1-3-4-7-21(2)34(27(37)14-17-31-15-12-22-8-5-6-9-24(22)30)19-18-32-16-13-23-10-11-25(35)28-29(23)38-20-26(36)33-28;5-3(6,7)1(11)2(12)4(8,9)10/h5-6,8-11,21,31-32,35H,3-4,7,12-20H2,1-2H3,(H,33,36);/t21-;/m1./s1. The Morgan fingerprint density at radius 3 is 2.14 bits per heavy atom. The van der Waals surface area contributed by atoms with Gasteiger partial charge in [0.1, 0.15) is 11.4 Å². The number of aromatic hydroxyl groups is 1. The number of rotatable bonds is 17.